The first-order valence-electron chi connectivity index (χ1n) is 9.08. The Morgan fingerprint density at radius 1 is 1.26 bits per heavy atom. The number of rotatable bonds is 3. The van der Waals surface area contributed by atoms with Crippen molar-refractivity contribution in [2.24, 2.45) is 17.4 Å². The summed E-state index contributed by atoms with van der Waals surface area (Å²) in [5, 5.41) is 0.942. The Kier molecular flexibility index (Phi) is 4.25. The lowest BCUT2D eigenvalue weighted by Crippen LogP contribution is -2.50. The molecule has 1 aliphatic carbocycles. The number of hydrogen-bond acceptors (Lipinski definition) is 4. The van der Waals surface area contributed by atoms with Crippen LogP contribution in [0.3, 0.4) is 0 Å². The molecular weight excluding hydrogens is 345 g/mol. The number of carbonyl (C=O) groups is 1. The van der Waals surface area contributed by atoms with Crippen molar-refractivity contribution in [2.45, 2.75) is 31.8 Å². The molecule has 1 aliphatic rings. The standard InChI is InChI=1S/C21H22FN3O2/c1-2-12-9-17-16-10-13(20(26)27-15-6-4-14(22)5-7-15)3-8-18(16)25-19(17)21(23,24)11-12/h3-8,10,12,25H,2,9,11,23-24H2,1H3. The maximum atomic E-state index is 13.0. The Bertz CT molecular complexity index is 1010. The molecule has 3 aromatic rings. The monoisotopic (exact) mass is 367 g/mol. The highest BCUT2D eigenvalue weighted by molar-refractivity contribution is 5.97. The quantitative estimate of drug-likeness (QED) is 0.375. The minimum atomic E-state index is -0.901. The first-order chi connectivity index (χ1) is 12.9. The number of halogens is 1. The molecule has 0 radical (unpaired) electrons. The van der Waals surface area contributed by atoms with Crippen LogP contribution in [0.4, 0.5) is 4.39 Å². The summed E-state index contributed by atoms with van der Waals surface area (Å²) in [6.07, 6.45) is 2.59. The molecule has 1 aromatic heterocycles. The van der Waals surface area contributed by atoms with Crippen molar-refractivity contribution in [1.82, 2.24) is 4.98 Å². The first kappa shape index (κ1) is 17.7. The molecule has 1 unspecified atom stereocenters. The highest BCUT2D eigenvalue weighted by atomic mass is 19.1. The fourth-order valence-corrected chi connectivity index (χ4v) is 3.88. The van der Waals surface area contributed by atoms with E-state index < -0.39 is 11.6 Å². The van der Waals surface area contributed by atoms with Gasteiger partial charge in [0.25, 0.3) is 0 Å². The van der Waals surface area contributed by atoms with E-state index in [1.165, 1.54) is 24.3 Å². The van der Waals surface area contributed by atoms with Crippen molar-refractivity contribution in [3.63, 3.8) is 0 Å². The van der Waals surface area contributed by atoms with E-state index in [0.717, 1.165) is 41.4 Å². The number of hydrogen-bond donors (Lipinski definition) is 3. The van der Waals surface area contributed by atoms with Crippen LogP contribution in [0.15, 0.2) is 42.5 Å². The molecule has 27 heavy (non-hydrogen) atoms. The molecule has 5 nitrogen and oxygen atoms in total. The topological polar surface area (TPSA) is 94.1 Å². The summed E-state index contributed by atoms with van der Waals surface area (Å²) < 4.78 is 18.3. The average molecular weight is 367 g/mol. The van der Waals surface area contributed by atoms with Crippen LogP contribution in [0.1, 0.15) is 41.4 Å². The number of carbonyl (C=O) groups excluding carboxylic acids is 1. The summed E-state index contributed by atoms with van der Waals surface area (Å²) >= 11 is 0. The second-order valence-corrected chi connectivity index (χ2v) is 7.31. The van der Waals surface area contributed by atoms with Crippen molar-refractivity contribution in [3.05, 3.63) is 65.1 Å². The molecule has 4 rings (SSSR count). The summed E-state index contributed by atoms with van der Waals surface area (Å²) in [6.45, 7) is 2.13. The van der Waals surface area contributed by atoms with Crippen LogP contribution in [-0.4, -0.2) is 11.0 Å². The zero-order valence-electron chi connectivity index (χ0n) is 15.1. The van der Waals surface area contributed by atoms with Crippen molar-refractivity contribution < 1.29 is 13.9 Å². The summed E-state index contributed by atoms with van der Waals surface area (Å²) in [7, 11) is 0. The van der Waals surface area contributed by atoms with Crippen LogP contribution >= 0.6 is 0 Å². The summed E-state index contributed by atoms with van der Waals surface area (Å²) in [6, 6.07) is 10.7. The third-order valence-corrected chi connectivity index (χ3v) is 5.33. The van der Waals surface area contributed by atoms with Crippen LogP contribution in [-0.2, 0) is 12.1 Å². The van der Waals surface area contributed by atoms with E-state index in [4.69, 9.17) is 16.2 Å². The van der Waals surface area contributed by atoms with E-state index in [9.17, 15) is 9.18 Å². The minimum absolute atomic E-state index is 0.298. The highest BCUT2D eigenvalue weighted by Crippen LogP contribution is 2.38. The molecule has 6 heteroatoms. The lowest BCUT2D eigenvalue weighted by molar-refractivity contribution is 0.0734. The summed E-state index contributed by atoms with van der Waals surface area (Å²) in [5.41, 5.74) is 15.0. The minimum Gasteiger partial charge on any atom is -0.423 e. The van der Waals surface area contributed by atoms with Gasteiger partial charge in [0, 0.05) is 10.9 Å². The Morgan fingerprint density at radius 3 is 2.70 bits per heavy atom. The number of aromatic nitrogens is 1. The van der Waals surface area contributed by atoms with Gasteiger partial charge in [0.2, 0.25) is 0 Å². The number of aromatic amines is 1. The fourth-order valence-electron chi connectivity index (χ4n) is 3.88. The van der Waals surface area contributed by atoms with Crippen LogP contribution in [0.2, 0.25) is 0 Å². The molecule has 1 heterocycles. The summed E-state index contributed by atoms with van der Waals surface area (Å²) in [5.74, 6) is -0.173. The van der Waals surface area contributed by atoms with Gasteiger partial charge >= 0.3 is 5.97 Å². The van der Waals surface area contributed by atoms with Crippen LogP contribution < -0.4 is 16.2 Å². The Balaban J connectivity index is 1.70. The van der Waals surface area contributed by atoms with Crippen molar-refractivity contribution in [1.29, 1.82) is 0 Å². The average Bonchev–Trinajstić information content (AvgIpc) is 3.02. The van der Waals surface area contributed by atoms with Gasteiger partial charge in [0.15, 0.2) is 0 Å². The first-order valence-corrected chi connectivity index (χ1v) is 9.08. The molecule has 5 N–H and O–H groups in total. The van der Waals surface area contributed by atoms with Gasteiger partial charge in [-0.2, -0.15) is 0 Å². The lowest BCUT2D eigenvalue weighted by atomic mass is 9.79. The number of H-pyrrole nitrogens is 1. The molecular formula is C21H22FN3O2. The van der Waals surface area contributed by atoms with E-state index in [0.29, 0.717) is 17.2 Å². The van der Waals surface area contributed by atoms with Gasteiger partial charge in [-0.15, -0.1) is 0 Å². The molecule has 0 spiro atoms. The molecule has 0 aliphatic heterocycles. The Hall–Kier alpha value is -2.70. The number of nitrogens with two attached hydrogens (primary N) is 2. The zero-order valence-corrected chi connectivity index (χ0v) is 15.1. The van der Waals surface area contributed by atoms with E-state index >= 15 is 0 Å². The second kappa shape index (κ2) is 6.48. The maximum absolute atomic E-state index is 13.0. The second-order valence-electron chi connectivity index (χ2n) is 7.31. The molecule has 0 saturated heterocycles. The van der Waals surface area contributed by atoms with Gasteiger partial charge in [-0.25, -0.2) is 9.18 Å². The SMILES string of the molecule is CCC1Cc2c([nH]c3ccc(C(=O)Oc4ccc(F)cc4)cc23)C(N)(N)C1. The molecule has 0 amide bonds. The van der Waals surface area contributed by atoms with Gasteiger partial charge in [0.1, 0.15) is 17.2 Å². The van der Waals surface area contributed by atoms with Gasteiger partial charge in [-0.05, 0) is 66.8 Å². The van der Waals surface area contributed by atoms with Gasteiger partial charge in [-0.3, -0.25) is 0 Å². The van der Waals surface area contributed by atoms with E-state index in [1.54, 1.807) is 6.07 Å². The van der Waals surface area contributed by atoms with Gasteiger partial charge in [-0.1, -0.05) is 13.3 Å². The van der Waals surface area contributed by atoms with E-state index in [-0.39, 0.29) is 5.82 Å². The number of benzene rings is 2. The third-order valence-electron chi connectivity index (χ3n) is 5.33. The van der Waals surface area contributed by atoms with Crippen molar-refractivity contribution in [2.75, 3.05) is 0 Å². The van der Waals surface area contributed by atoms with E-state index in [1.807, 2.05) is 12.1 Å². The largest absolute Gasteiger partial charge is 0.423 e. The highest BCUT2D eigenvalue weighted by Gasteiger charge is 2.36. The summed E-state index contributed by atoms with van der Waals surface area (Å²) in [4.78, 5) is 15.8. The number of nitrogens with one attached hydrogen (secondary N) is 1. The molecule has 0 bridgehead atoms. The van der Waals surface area contributed by atoms with Gasteiger partial charge in [0.05, 0.1) is 11.3 Å². The number of esters is 1. The molecule has 2 aromatic carbocycles. The van der Waals surface area contributed by atoms with Crippen LogP contribution in [0.5, 0.6) is 5.75 Å². The van der Waals surface area contributed by atoms with Crippen molar-refractivity contribution in [3.8, 4) is 5.75 Å². The number of ether oxygens (including phenoxy) is 1. The molecule has 0 fully saturated rings. The Morgan fingerprint density at radius 2 is 2.00 bits per heavy atom. The normalized spacial score (nSPS) is 18.3. The molecule has 1 atom stereocenters. The predicted molar refractivity (Wildman–Crippen MR) is 102 cm³/mol. The predicted octanol–water partition coefficient (Wildman–Crippen LogP) is 3.57. The third kappa shape index (κ3) is 3.22. The maximum Gasteiger partial charge on any atom is 0.343 e. The fraction of sp³-hybridized carbons (Fsp3) is 0.286. The number of fused-ring (bicyclic) bond motifs is 3. The van der Waals surface area contributed by atoms with E-state index in [2.05, 4.69) is 11.9 Å². The van der Waals surface area contributed by atoms with Gasteiger partial charge < -0.3 is 21.2 Å². The Labute approximate surface area is 156 Å². The zero-order chi connectivity index (χ0) is 19.2. The van der Waals surface area contributed by atoms with Crippen LogP contribution in [0, 0.1) is 11.7 Å². The lowest BCUT2D eigenvalue weighted by Gasteiger charge is -2.34. The van der Waals surface area contributed by atoms with Crippen LogP contribution in [0.25, 0.3) is 10.9 Å². The van der Waals surface area contributed by atoms with Crippen molar-refractivity contribution >= 4 is 16.9 Å². The molecule has 0 saturated carbocycles. The molecule has 140 valence electrons. The smallest absolute Gasteiger partial charge is 0.343 e.